The molecule has 8 heteroatoms. The lowest BCUT2D eigenvalue weighted by atomic mass is 9.97. The Balaban J connectivity index is 1.83. The Morgan fingerprint density at radius 3 is 2.56 bits per heavy atom. The van der Waals surface area contributed by atoms with E-state index in [1.54, 1.807) is 6.07 Å². The van der Waals surface area contributed by atoms with Crippen LogP contribution in [-0.4, -0.2) is 21.4 Å². The highest BCUT2D eigenvalue weighted by Crippen LogP contribution is 2.37. The van der Waals surface area contributed by atoms with Gasteiger partial charge >= 0.3 is 0 Å². The number of fused-ring (bicyclic) bond motifs is 3. The topological polar surface area (TPSA) is 105 Å². The molecule has 0 unspecified atom stereocenters. The number of nitrogens with one attached hydrogen (secondary N) is 1. The second-order valence-corrected chi connectivity index (χ2v) is 8.63. The molecule has 0 saturated heterocycles. The summed E-state index contributed by atoms with van der Waals surface area (Å²) in [4.78, 5) is 15.8. The van der Waals surface area contributed by atoms with Crippen molar-refractivity contribution in [1.29, 1.82) is 5.26 Å². The van der Waals surface area contributed by atoms with Gasteiger partial charge in [0.15, 0.2) is 5.65 Å². The fourth-order valence-corrected chi connectivity index (χ4v) is 4.48. The molecule has 5 aromatic rings. The van der Waals surface area contributed by atoms with E-state index in [-0.39, 0.29) is 5.69 Å². The molecule has 0 atom stereocenters. The Hall–Kier alpha value is -4.90. The van der Waals surface area contributed by atoms with Crippen LogP contribution < -0.4 is 10.1 Å². The predicted molar refractivity (Wildman–Crippen MR) is 139 cm³/mol. The summed E-state index contributed by atoms with van der Waals surface area (Å²) in [6, 6.07) is 22.7. The molecule has 0 aliphatic carbocycles. The highest BCUT2D eigenvalue weighted by atomic mass is 16.6. The van der Waals surface area contributed by atoms with E-state index in [0.717, 1.165) is 33.3 Å². The Morgan fingerprint density at radius 2 is 1.86 bits per heavy atom. The number of nitrogens with zero attached hydrogens (tertiary/aromatic N) is 4. The van der Waals surface area contributed by atoms with E-state index in [1.807, 2.05) is 42.5 Å². The maximum atomic E-state index is 11.5. The number of aromatic nitrogens is 2. The maximum Gasteiger partial charge on any atom is 0.271 e. The van der Waals surface area contributed by atoms with Crippen LogP contribution in [0.3, 0.4) is 0 Å². The lowest BCUT2D eigenvalue weighted by molar-refractivity contribution is -0.384. The van der Waals surface area contributed by atoms with Crippen LogP contribution in [0.25, 0.3) is 16.7 Å². The third kappa shape index (κ3) is 3.87. The normalized spacial score (nSPS) is 10.9. The minimum absolute atomic E-state index is 0.0597. The Labute approximate surface area is 207 Å². The average molecular weight is 478 g/mol. The van der Waals surface area contributed by atoms with Gasteiger partial charge in [-0.1, -0.05) is 42.0 Å². The number of aryl methyl sites for hydroxylation is 1. The first-order chi connectivity index (χ1) is 17.4. The number of imidazole rings is 1. The van der Waals surface area contributed by atoms with E-state index in [2.05, 4.69) is 35.7 Å². The fraction of sp³-hybridized carbons (Fsp3) is 0.143. The number of nitro groups is 1. The molecule has 8 nitrogen and oxygen atoms in total. The van der Waals surface area contributed by atoms with Crippen molar-refractivity contribution in [2.45, 2.75) is 20.3 Å². The molecular weight excluding hydrogens is 454 g/mol. The van der Waals surface area contributed by atoms with E-state index in [4.69, 9.17) is 9.72 Å². The molecule has 0 radical (unpaired) electrons. The number of methoxy groups -OCH3 is 1. The van der Waals surface area contributed by atoms with Crippen molar-refractivity contribution >= 4 is 33.9 Å². The van der Waals surface area contributed by atoms with Crippen molar-refractivity contribution in [2.75, 3.05) is 12.4 Å². The van der Waals surface area contributed by atoms with Gasteiger partial charge in [0, 0.05) is 24.1 Å². The zero-order valence-electron chi connectivity index (χ0n) is 20.1. The molecule has 5 rings (SSSR count). The first kappa shape index (κ1) is 22.9. The minimum Gasteiger partial charge on any atom is -0.495 e. The Bertz CT molecular complexity index is 1680. The quantitative estimate of drug-likeness (QED) is 0.230. The minimum atomic E-state index is -0.440. The van der Waals surface area contributed by atoms with Gasteiger partial charge in [0.1, 0.15) is 17.6 Å². The maximum absolute atomic E-state index is 11.5. The molecule has 1 N–H and O–H groups in total. The van der Waals surface area contributed by atoms with Crippen LogP contribution in [0.5, 0.6) is 5.75 Å². The van der Waals surface area contributed by atoms with Gasteiger partial charge in [0.2, 0.25) is 0 Å². The number of hydrogen-bond acceptors (Lipinski definition) is 6. The van der Waals surface area contributed by atoms with Gasteiger partial charge in [-0.05, 0) is 43.2 Å². The molecular formula is C28H23N5O3. The van der Waals surface area contributed by atoms with Crippen molar-refractivity contribution in [3.8, 4) is 11.8 Å². The number of rotatable bonds is 6. The standard InChI is InChI=1S/C28H23N5O3/c1-17-8-10-19(11-9-17)14-21-18(2)22(16-29)28-30-23-6-4-5-7-25(23)32(28)27(21)31-24-15-20(33(34)35)12-13-26(24)36-3/h4-13,15,31H,14H2,1-3H3. The van der Waals surface area contributed by atoms with E-state index < -0.39 is 4.92 Å². The average Bonchev–Trinajstić information content (AvgIpc) is 3.26. The number of nitro benzene ring substituents is 1. The van der Waals surface area contributed by atoms with Gasteiger partial charge in [-0.25, -0.2) is 4.98 Å². The number of anilines is 2. The van der Waals surface area contributed by atoms with Crippen molar-refractivity contribution in [1.82, 2.24) is 9.38 Å². The summed E-state index contributed by atoms with van der Waals surface area (Å²) in [5.74, 6) is 1.14. The fourth-order valence-electron chi connectivity index (χ4n) is 4.48. The SMILES string of the molecule is COc1ccc([N+](=O)[O-])cc1Nc1c(Cc2ccc(C)cc2)c(C)c(C#N)c2nc3ccccc3n12. The number of non-ortho nitro benzene ring substituents is 1. The molecule has 2 heterocycles. The molecule has 2 aromatic heterocycles. The van der Waals surface area contributed by atoms with Crippen LogP contribution in [0.1, 0.15) is 27.8 Å². The molecule has 0 bridgehead atoms. The third-order valence-corrected chi connectivity index (χ3v) is 6.38. The largest absolute Gasteiger partial charge is 0.495 e. The number of pyridine rings is 1. The molecule has 0 saturated carbocycles. The summed E-state index contributed by atoms with van der Waals surface area (Å²) in [5.41, 5.74) is 6.88. The first-order valence-electron chi connectivity index (χ1n) is 11.4. The van der Waals surface area contributed by atoms with Crippen molar-refractivity contribution in [2.24, 2.45) is 0 Å². The van der Waals surface area contributed by atoms with Crippen molar-refractivity contribution in [3.05, 3.63) is 105 Å². The number of benzene rings is 3. The summed E-state index contributed by atoms with van der Waals surface area (Å²) < 4.78 is 7.44. The third-order valence-electron chi connectivity index (χ3n) is 6.38. The van der Waals surface area contributed by atoms with Gasteiger partial charge < -0.3 is 10.1 Å². The van der Waals surface area contributed by atoms with Gasteiger partial charge in [-0.3, -0.25) is 14.5 Å². The van der Waals surface area contributed by atoms with Crippen LogP contribution >= 0.6 is 0 Å². The summed E-state index contributed by atoms with van der Waals surface area (Å²) >= 11 is 0. The Kier molecular flexibility index (Phi) is 5.74. The predicted octanol–water partition coefficient (Wildman–Crippen LogP) is 6.23. The second kappa shape index (κ2) is 9.04. The summed E-state index contributed by atoms with van der Waals surface area (Å²) in [6.07, 6.45) is 0.544. The van der Waals surface area contributed by atoms with Gasteiger partial charge in [0.05, 0.1) is 34.3 Å². The smallest absolute Gasteiger partial charge is 0.271 e. The van der Waals surface area contributed by atoms with Crippen LogP contribution in [0.4, 0.5) is 17.2 Å². The number of ether oxygens (including phenoxy) is 1. The molecule has 36 heavy (non-hydrogen) atoms. The van der Waals surface area contributed by atoms with Crippen molar-refractivity contribution < 1.29 is 9.66 Å². The highest BCUT2D eigenvalue weighted by Gasteiger charge is 2.23. The summed E-state index contributed by atoms with van der Waals surface area (Å²) in [6.45, 7) is 3.95. The van der Waals surface area contributed by atoms with Crippen LogP contribution in [0, 0.1) is 35.3 Å². The van der Waals surface area contributed by atoms with Crippen LogP contribution in [-0.2, 0) is 6.42 Å². The molecule has 0 spiro atoms. The number of nitriles is 1. The Morgan fingerprint density at radius 1 is 1.11 bits per heavy atom. The van der Waals surface area contributed by atoms with Crippen molar-refractivity contribution in [3.63, 3.8) is 0 Å². The summed E-state index contributed by atoms with van der Waals surface area (Å²) in [5, 5.41) is 25.0. The highest BCUT2D eigenvalue weighted by molar-refractivity contribution is 5.87. The van der Waals surface area contributed by atoms with Gasteiger partial charge in [-0.2, -0.15) is 5.26 Å². The monoisotopic (exact) mass is 477 g/mol. The number of hydrogen-bond donors (Lipinski definition) is 1. The molecule has 178 valence electrons. The molecule has 0 aliphatic rings. The zero-order valence-corrected chi connectivity index (χ0v) is 20.1. The second-order valence-electron chi connectivity index (χ2n) is 8.63. The number of para-hydroxylation sites is 2. The van der Waals surface area contributed by atoms with Gasteiger partial charge in [0.25, 0.3) is 5.69 Å². The molecule has 0 fully saturated rings. The van der Waals surface area contributed by atoms with E-state index in [0.29, 0.717) is 34.9 Å². The summed E-state index contributed by atoms with van der Waals surface area (Å²) in [7, 11) is 1.52. The van der Waals surface area contributed by atoms with E-state index in [1.165, 1.54) is 19.2 Å². The van der Waals surface area contributed by atoms with Crippen LogP contribution in [0.15, 0.2) is 66.7 Å². The van der Waals surface area contributed by atoms with E-state index >= 15 is 0 Å². The van der Waals surface area contributed by atoms with E-state index in [9.17, 15) is 15.4 Å². The van der Waals surface area contributed by atoms with Crippen LogP contribution in [0.2, 0.25) is 0 Å². The molecule has 3 aromatic carbocycles. The lowest BCUT2D eigenvalue weighted by Crippen LogP contribution is -2.09. The molecule has 0 amide bonds. The lowest BCUT2D eigenvalue weighted by Gasteiger charge is -2.20. The first-order valence-corrected chi connectivity index (χ1v) is 11.4. The zero-order chi connectivity index (χ0) is 25.4. The molecule has 0 aliphatic heterocycles. The van der Waals surface area contributed by atoms with Gasteiger partial charge in [-0.15, -0.1) is 0 Å².